The highest BCUT2D eigenvalue weighted by Gasteiger charge is 2.29. The molecule has 0 aromatic heterocycles. The van der Waals surface area contributed by atoms with E-state index in [2.05, 4.69) is 5.32 Å². The molecule has 0 rings (SSSR count). The number of ether oxygens (including phenoxy) is 1. The van der Waals surface area contributed by atoms with Crippen LogP contribution in [0.15, 0.2) is 0 Å². The number of carboxylic acids is 1. The Bertz CT molecular complexity index is 287. The number of carbonyl (C=O) groups is 2. The van der Waals surface area contributed by atoms with Crippen LogP contribution in [0.1, 0.15) is 41.0 Å². The van der Waals surface area contributed by atoms with E-state index >= 15 is 0 Å². The van der Waals surface area contributed by atoms with E-state index in [-0.39, 0.29) is 6.42 Å². The summed E-state index contributed by atoms with van der Waals surface area (Å²) >= 11 is 0. The normalized spacial score (nSPS) is 14.0. The van der Waals surface area contributed by atoms with Gasteiger partial charge >= 0.3 is 12.1 Å². The average Bonchev–Trinajstić information content (AvgIpc) is 1.95. The van der Waals surface area contributed by atoms with Crippen LogP contribution >= 0.6 is 0 Å². The van der Waals surface area contributed by atoms with Gasteiger partial charge < -0.3 is 20.3 Å². The van der Waals surface area contributed by atoms with Crippen molar-refractivity contribution in [2.75, 3.05) is 0 Å². The highest BCUT2D eigenvalue weighted by atomic mass is 16.6. The molecule has 100 valence electrons. The highest BCUT2D eigenvalue weighted by Crippen LogP contribution is 2.12. The largest absolute Gasteiger partial charge is 0.480 e. The van der Waals surface area contributed by atoms with Gasteiger partial charge in [-0.3, -0.25) is 0 Å². The predicted molar refractivity (Wildman–Crippen MR) is 61.7 cm³/mol. The van der Waals surface area contributed by atoms with E-state index in [1.807, 2.05) is 0 Å². The van der Waals surface area contributed by atoms with E-state index in [0.717, 1.165) is 0 Å². The molecule has 0 bridgehead atoms. The maximum absolute atomic E-state index is 11.4. The molecule has 3 N–H and O–H groups in total. The number of hydrogen-bond acceptors (Lipinski definition) is 4. The monoisotopic (exact) mass is 247 g/mol. The molecule has 0 aliphatic carbocycles. The van der Waals surface area contributed by atoms with Crippen LogP contribution in [0.5, 0.6) is 0 Å². The van der Waals surface area contributed by atoms with Crippen LogP contribution in [0.2, 0.25) is 0 Å². The van der Waals surface area contributed by atoms with E-state index in [1.165, 1.54) is 13.8 Å². The number of rotatable bonds is 4. The maximum atomic E-state index is 11.4. The third-order valence-electron chi connectivity index (χ3n) is 1.69. The van der Waals surface area contributed by atoms with Gasteiger partial charge in [0, 0.05) is 6.42 Å². The zero-order chi connectivity index (χ0) is 13.9. The minimum absolute atomic E-state index is 0.0957. The van der Waals surface area contributed by atoms with E-state index in [1.54, 1.807) is 20.8 Å². The lowest BCUT2D eigenvalue weighted by atomic mass is 9.99. The first-order chi connectivity index (χ1) is 7.41. The van der Waals surface area contributed by atoms with Crippen LogP contribution in [0, 0.1) is 0 Å². The molecule has 0 fully saturated rings. The summed E-state index contributed by atoms with van der Waals surface area (Å²) in [5, 5.41) is 20.6. The maximum Gasteiger partial charge on any atom is 0.408 e. The Hall–Kier alpha value is -1.30. The van der Waals surface area contributed by atoms with Gasteiger partial charge in [0.1, 0.15) is 11.6 Å². The summed E-state index contributed by atoms with van der Waals surface area (Å²) in [6.07, 6.45) is -0.907. The SMILES string of the molecule is CC(C)(O)C[C@H](NC(=O)OC(C)(C)C)C(=O)O. The first-order valence-corrected chi connectivity index (χ1v) is 5.35. The number of nitrogens with one attached hydrogen (secondary N) is 1. The summed E-state index contributed by atoms with van der Waals surface area (Å²) in [6, 6.07) is -1.18. The van der Waals surface area contributed by atoms with Crippen molar-refractivity contribution >= 4 is 12.1 Å². The van der Waals surface area contributed by atoms with Gasteiger partial charge in [0.2, 0.25) is 0 Å². The van der Waals surface area contributed by atoms with Crippen molar-refractivity contribution in [1.82, 2.24) is 5.32 Å². The Morgan fingerprint density at radius 2 is 1.71 bits per heavy atom. The molecule has 1 amide bonds. The Kier molecular flexibility index (Phi) is 4.94. The molecule has 0 heterocycles. The van der Waals surface area contributed by atoms with Crippen LogP contribution in [0.4, 0.5) is 4.79 Å². The lowest BCUT2D eigenvalue weighted by Crippen LogP contribution is -2.46. The molecule has 0 aromatic rings. The third kappa shape index (κ3) is 8.50. The third-order valence-corrected chi connectivity index (χ3v) is 1.69. The second-order valence-electron chi connectivity index (χ2n) is 5.55. The minimum Gasteiger partial charge on any atom is -0.480 e. The van der Waals surface area contributed by atoms with E-state index in [0.29, 0.717) is 0 Å². The number of carboxylic acid groups (broad SMARTS) is 1. The Morgan fingerprint density at radius 3 is 2.00 bits per heavy atom. The smallest absolute Gasteiger partial charge is 0.408 e. The topological polar surface area (TPSA) is 95.9 Å². The molecule has 0 aliphatic heterocycles. The fraction of sp³-hybridized carbons (Fsp3) is 0.818. The van der Waals surface area contributed by atoms with Crippen LogP contribution in [0.25, 0.3) is 0 Å². The summed E-state index contributed by atoms with van der Waals surface area (Å²) in [5.74, 6) is -1.21. The van der Waals surface area contributed by atoms with E-state index < -0.39 is 29.3 Å². The summed E-state index contributed by atoms with van der Waals surface area (Å²) in [4.78, 5) is 22.3. The molecule has 0 saturated heterocycles. The second-order valence-corrected chi connectivity index (χ2v) is 5.55. The molecule has 0 saturated carbocycles. The molecule has 0 radical (unpaired) electrons. The van der Waals surface area contributed by atoms with Crippen LogP contribution in [-0.2, 0) is 9.53 Å². The Labute approximate surface area is 101 Å². The first kappa shape index (κ1) is 15.7. The van der Waals surface area contributed by atoms with Gasteiger partial charge in [-0.1, -0.05) is 0 Å². The Morgan fingerprint density at radius 1 is 1.24 bits per heavy atom. The molecule has 0 spiro atoms. The molecular weight excluding hydrogens is 226 g/mol. The number of aliphatic carboxylic acids is 1. The van der Waals surface area contributed by atoms with Crippen molar-refractivity contribution in [2.45, 2.75) is 58.3 Å². The van der Waals surface area contributed by atoms with Crippen molar-refractivity contribution in [2.24, 2.45) is 0 Å². The lowest BCUT2D eigenvalue weighted by molar-refractivity contribution is -0.141. The molecule has 0 unspecified atom stereocenters. The fourth-order valence-corrected chi connectivity index (χ4v) is 1.15. The van der Waals surface area contributed by atoms with Crippen LogP contribution in [-0.4, -0.2) is 39.5 Å². The molecule has 0 aliphatic rings. The number of amides is 1. The predicted octanol–water partition coefficient (Wildman–Crippen LogP) is 1.13. The standard InChI is InChI=1S/C11H21NO5/c1-10(2,3)17-9(15)12-7(8(13)14)6-11(4,5)16/h7,16H,6H2,1-5H3,(H,12,15)(H,13,14)/t7-/m0/s1. The van der Waals surface area contributed by atoms with Gasteiger partial charge in [-0.15, -0.1) is 0 Å². The molecule has 6 nitrogen and oxygen atoms in total. The zero-order valence-corrected chi connectivity index (χ0v) is 10.9. The van der Waals surface area contributed by atoms with Crippen molar-refractivity contribution in [3.05, 3.63) is 0 Å². The highest BCUT2D eigenvalue weighted by molar-refractivity contribution is 5.80. The van der Waals surface area contributed by atoms with Gasteiger partial charge in [0.05, 0.1) is 5.60 Å². The molecule has 17 heavy (non-hydrogen) atoms. The van der Waals surface area contributed by atoms with Gasteiger partial charge in [-0.05, 0) is 34.6 Å². The lowest BCUT2D eigenvalue weighted by Gasteiger charge is -2.25. The first-order valence-electron chi connectivity index (χ1n) is 5.35. The Balaban J connectivity index is 4.47. The van der Waals surface area contributed by atoms with Crippen LogP contribution < -0.4 is 5.32 Å². The van der Waals surface area contributed by atoms with Gasteiger partial charge in [-0.2, -0.15) is 0 Å². The second kappa shape index (κ2) is 5.35. The van der Waals surface area contributed by atoms with Crippen molar-refractivity contribution in [3.8, 4) is 0 Å². The van der Waals surface area contributed by atoms with Crippen molar-refractivity contribution in [3.63, 3.8) is 0 Å². The minimum atomic E-state index is -1.21. The fourth-order valence-electron chi connectivity index (χ4n) is 1.15. The summed E-state index contributed by atoms with van der Waals surface area (Å²) < 4.78 is 4.94. The van der Waals surface area contributed by atoms with E-state index in [9.17, 15) is 14.7 Å². The van der Waals surface area contributed by atoms with Gasteiger partial charge in [0.25, 0.3) is 0 Å². The van der Waals surface area contributed by atoms with Gasteiger partial charge in [0.15, 0.2) is 0 Å². The summed E-state index contributed by atoms with van der Waals surface area (Å²) in [6.45, 7) is 7.98. The number of carbonyl (C=O) groups excluding carboxylic acids is 1. The number of hydrogen-bond donors (Lipinski definition) is 3. The number of aliphatic hydroxyl groups is 1. The molecule has 6 heteroatoms. The van der Waals surface area contributed by atoms with Crippen LogP contribution in [0.3, 0.4) is 0 Å². The van der Waals surface area contributed by atoms with Crippen molar-refractivity contribution < 1.29 is 24.5 Å². The zero-order valence-electron chi connectivity index (χ0n) is 10.9. The van der Waals surface area contributed by atoms with Crippen molar-refractivity contribution in [1.29, 1.82) is 0 Å². The number of alkyl carbamates (subject to hydrolysis) is 1. The summed E-state index contributed by atoms with van der Waals surface area (Å²) in [7, 11) is 0. The average molecular weight is 247 g/mol. The molecule has 0 aromatic carbocycles. The quantitative estimate of drug-likeness (QED) is 0.692. The molecule has 1 atom stereocenters. The summed E-state index contributed by atoms with van der Waals surface area (Å²) in [5.41, 5.74) is -1.88. The molecular formula is C11H21NO5. The van der Waals surface area contributed by atoms with Gasteiger partial charge in [-0.25, -0.2) is 9.59 Å². The van der Waals surface area contributed by atoms with E-state index in [4.69, 9.17) is 9.84 Å².